The van der Waals surface area contributed by atoms with Gasteiger partial charge in [0, 0.05) is 25.2 Å². The predicted molar refractivity (Wildman–Crippen MR) is 88.5 cm³/mol. The van der Waals surface area contributed by atoms with E-state index in [-0.39, 0.29) is 15.8 Å². The molecule has 0 saturated heterocycles. The summed E-state index contributed by atoms with van der Waals surface area (Å²) in [6.45, 7) is 7.61. The molecule has 0 heterocycles. The molecule has 0 amide bonds. The van der Waals surface area contributed by atoms with E-state index in [1.54, 1.807) is 13.1 Å². The van der Waals surface area contributed by atoms with Crippen LogP contribution < -0.4 is 5.32 Å². The van der Waals surface area contributed by atoms with Crippen LogP contribution in [0.1, 0.15) is 26.3 Å². The number of hydrogen-bond acceptors (Lipinski definition) is 3. The van der Waals surface area contributed by atoms with E-state index in [4.69, 9.17) is 23.2 Å². The van der Waals surface area contributed by atoms with Gasteiger partial charge in [-0.3, -0.25) is 0 Å². The first-order valence-electron chi connectivity index (χ1n) is 6.85. The van der Waals surface area contributed by atoms with Crippen molar-refractivity contribution in [1.82, 2.24) is 9.62 Å². The Labute approximate surface area is 137 Å². The fraction of sp³-hybridized carbons (Fsp3) is 0.571. The summed E-state index contributed by atoms with van der Waals surface area (Å²) in [6.07, 6.45) is 0. The van der Waals surface area contributed by atoms with Gasteiger partial charge in [-0.15, -0.1) is 0 Å². The van der Waals surface area contributed by atoms with Crippen LogP contribution in [0.15, 0.2) is 17.0 Å². The van der Waals surface area contributed by atoms with Gasteiger partial charge in [0.2, 0.25) is 10.0 Å². The molecule has 0 radical (unpaired) electrons. The van der Waals surface area contributed by atoms with Crippen molar-refractivity contribution in [3.63, 3.8) is 0 Å². The molecule has 0 aliphatic carbocycles. The van der Waals surface area contributed by atoms with Gasteiger partial charge >= 0.3 is 0 Å². The molecule has 7 heteroatoms. The van der Waals surface area contributed by atoms with E-state index in [2.05, 4.69) is 5.32 Å². The second-order valence-electron chi connectivity index (χ2n) is 5.33. The van der Waals surface area contributed by atoms with Crippen LogP contribution in [0.3, 0.4) is 0 Å². The average Bonchev–Trinajstić information content (AvgIpc) is 2.36. The summed E-state index contributed by atoms with van der Waals surface area (Å²) in [5.41, 5.74) is 0.722. The Kier molecular flexibility index (Phi) is 6.94. The molecule has 120 valence electrons. The first kappa shape index (κ1) is 18.7. The Hall–Kier alpha value is -0.330. The van der Waals surface area contributed by atoms with Crippen LogP contribution in [-0.4, -0.2) is 32.9 Å². The minimum Gasteiger partial charge on any atom is -0.313 e. The number of halogens is 2. The smallest absolute Gasteiger partial charge is 0.244 e. The standard InChI is InChI=1S/C14H22Cl2N2O2S/c1-5-17-8-11-6-14(13(16)7-12(11)15)21(19,20)18(4)9-10(2)3/h6-7,10,17H,5,8-9H2,1-4H3. The summed E-state index contributed by atoms with van der Waals surface area (Å²) in [6, 6.07) is 3.05. The maximum atomic E-state index is 12.6. The third-order valence-corrected chi connectivity index (χ3v) is 5.62. The minimum absolute atomic E-state index is 0.101. The van der Waals surface area contributed by atoms with Crippen LogP contribution in [0, 0.1) is 5.92 Å². The van der Waals surface area contributed by atoms with E-state index in [0.29, 0.717) is 18.1 Å². The van der Waals surface area contributed by atoms with Gasteiger partial charge in [0.15, 0.2) is 0 Å². The van der Waals surface area contributed by atoms with Gasteiger partial charge in [-0.25, -0.2) is 12.7 Å². The van der Waals surface area contributed by atoms with Crippen molar-refractivity contribution < 1.29 is 8.42 Å². The van der Waals surface area contributed by atoms with Gasteiger partial charge in [-0.2, -0.15) is 0 Å². The molecule has 0 spiro atoms. The van der Waals surface area contributed by atoms with E-state index in [1.807, 2.05) is 20.8 Å². The Morgan fingerprint density at radius 2 is 1.86 bits per heavy atom. The number of benzene rings is 1. The fourth-order valence-corrected chi connectivity index (χ4v) is 4.11. The van der Waals surface area contributed by atoms with Gasteiger partial charge in [0.25, 0.3) is 0 Å². The van der Waals surface area contributed by atoms with Crippen LogP contribution in [-0.2, 0) is 16.6 Å². The highest BCUT2D eigenvalue weighted by Gasteiger charge is 2.25. The summed E-state index contributed by atoms with van der Waals surface area (Å²) < 4.78 is 26.5. The molecule has 0 aliphatic rings. The number of nitrogens with one attached hydrogen (secondary N) is 1. The molecule has 1 rings (SSSR count). The van der Waals surface area contributed by atoms with E-state index < -0.39 is 10.0 Å². The predicted octanol–water partition coefficient (Wildman–Crippen LogP) is 3.38. The highest BCUT2D eigenvalue weighted by molar-refractivity contribution is 7.89. The molecule has 0 atom stereocenters. The van der Waals surface area contributed by atoms with Gasteiger partial charge < -0.3 is 5.32 Å². The van der Waals surface area contributed by atoms with E-state index >= 15 is 0 Å². The molecule has 4 nitrogen and oxygen atoms in total. The first-order valence-corrected chi connectivity index (χ1v) is 9.04. The van der Waals surface area contributed by atoms with E-state index in [9.17, 15) is 8.42 Å². The van der Waals surface area contributed by atoms with Crippen molar-refractivity contribution in [2.75, 3.05) is 20.1 Å². The first-order chi connectivity index (χ1) is 9.70. The molecular formula is C14H22Cl2N2O2S. The minimum atomic E-state index is -3.61. The lowest BCUT2D eigenvalue weighted by atomic mass is 10.2. The quantitative estimate of drug-likeness (QED) is 0.818. The maximum absolute atomic E-state index is 12.6. The normalized spacial score (nSPS) is 12.4. The van der Waals surface area contributed by atoms with Crippen molar-refractivity contribution in [3.05, 3.63) is 27.7 Å². The Morgan fingerprint density at radius 3 is 2.38 bits per heavy atom. The van der Waals surface area contributed by atoms with Gasteiger partial charge in [0.1, 0.15) is 4.90 Å². The zero-order valence-corrected chi connectivity index (χ0v) is 15.1. The molecule has 1 aromatic carbocycles. The molecule has 0 saturated carbocycles. The highest BCUT2D eigenvalue weighted by atomic mass is 35.5. The van der Waals surface area contributed by atoms with Crippen molar-refractivity contribution in [3.8, 4) is 0 Å². The average molecular weight is 353 g/mol. The molecule has 0 bridgehead atoms. The second kappa shape index (κ2) is 7.79. The van der Waals surface area contributed by atoms with E-state index in [0.717, 1.165) is 12.1 Å². The summed E-state index contributed by atoms with van der Waals surface area (Å²) in [5.74, 6) is 0.233. The summed E-state index contributed by atoms with van der Waals surface area (Å²) in [5, 5.41) is 3.74. The Bertz CT molecular complexity index is 589. The van der Waals surface area contributed by atoms with Gasteiger partial charge in [0.05, 0.1) is 5.02 Å². The van der Waals surface area contributed by atoms with Gasteiger partial charge in [-0.05, 0) is 30.2 Å². The van der Waals surface area contributed by atoms with Crippen molar-refractivity contribution >= 4 is 33.2 Å². The number of sulfonamides is 1. The van der Waals surface area contributed by atoms with Crippen molar-refractivity contribution in [2.24, 2.45) is 5.92 Å². The zero-order chi connectivity index (χ0) is 16.2. The highest BCUT2D eigenvalue weighted by Crippen LogP contribution is 2.30. The molecule has 0 aliphatic heterocycles. The molecule has 1 aromatic rings. The number of rotatable bonds is 7. The SMILES string of the molecule is CCNCc1cc(S(=O)(=O)N(C)CC(C)C)c(Cl)cc1Cl. The molecule has 0 aromatic heterocycles. The van der Waals surface area contributed by atoms with Crippen molar-refractivity contribution in [2.45, 2.75) is 32.2 Å². The number of hydrogen-bond donors (Lipinski definition) is 1. The van der Waals surface area contributed by atoms with Crippen LogP contribution >= 0.6 is 23.2 Å². The van der Waals surface area contributed by atoms with Crippen molar-refractivity contribution in [1.29, 1.82) is 0 Å². The summed E-state index contributed by atoms with van der Waals surface area (Å²) in [7, 11) is -2.05. The van der Waals surface area contributed by atoms with Gasteiger partial charge in [-0.1, -0.05) is 44.0 Å². The van der Waals surface area contributed by atoms with Crippen LogP contribution in [0.2, 0.25) is 10.0 Å². The Morgan fingerprint density at radius 1 is 1.24 bits per heavy atom. The summed E-state index contributed by atoms with van der Waals surface area (Å²) >= 11 is 12.2. The third-order valence-electron chi connectivity index (χ3n) is 2.98. The molecule has 21 heavy (non-hydrogen) atoms. The zero-order valence-electron chi connectivity index (χ0n) is 12.8. The topological polar surface area (TPSA) is 49.4 Å². The molecule has 0 fully saturated rings. The summed E-state index contributed by atoms with van der Waals surface area (Å²) in [4.78, 5) is 0.101. The molecule has 1 N–H and O–H groups in total. The van der Waals surface area contributed by atoms with Crippen LogP contribution in [0.4, 0.5) is 0 Å². The van der Waals surface area contributed by atoms with E-state index in [1.165, 1.54) is 10.4 Å². The van der Waals surface area contributed by atoms with Crippen LogP contribution in [0.25, 0.3) is 0 Å². The largest absolute Gasteiger partial charge is 0.313 e. The fourth-order valence-electron chi connectivity index (χ4n) is 1.94. The van der Waals surface area contributed by atoms with Crippen LogP contribution in [0.5, 0.6) is 0 Å². The monoisotopic (exact) mass is 352 g/mol. The molecule has 0 unspecified atom stereocenters. The third kappa shape index (κ3) is 4.83. The second-order valence-corrected chi connectivity index (χ2v) is 8.16. The Balaban J connectivity index is 3.22. The lowest BCUT2D eigenvalue weighted by Gasteiger charge is -2.20. The maximum Gasteiger partial charge on any atom is 0.244 e. The number of nitrogens with zero attached hydrogens (tertiary/aromatic N) is 1. The lowest BCUT2D eigenvalue weighted by molar-refractivity contribution is 0.417. The lowest BCUT2D eigenvalue weighted by Crippen LogP contribution is -2.30. The molecular weight excluding hydrogens is 331 g/mol.